The molecule has 1 aliphatic rings. The highest BCUT2D eigenvalue weighted by Crippen LogP contribution is 2.38. The van der Waals surface area contributed by atoms with Gasteiger partial charge in [-0.05, 0) is 43.4 Å². The van der Waals surface area contributed by atoms with Gasteiger partial charge in [0.1, 0.15) is 11.4 Å². The molecule has 1 aliphatic heterocycles. The molecule has 0 bridgehead atoms. The predicted molar refractivity (Wildman–Crippen MR) is 63.7 cm³/mol. The number of aryl methyl sites for hydroxylation is 1. The molecule has 0 N–H and O–H groups in total. The third kappa shape index (κ3) is 1.98. The fourth-order valence-corrected chi connectivity index (χ4v) is 2.39. The molecule has 0 spiro atoms. The zero-order valence-electron chi connectivity index (χ0n) is 9.35. The molecule has 0 amide bonds. The minimum Gasteiger partial charge on any atom is -0.487 e. The summed E-state index contributed by atoms with van der Waals surface area (Å²) in [6.07, 6.45) is 4.35. The van der Waals surface area contributed by atoms with Gasteiger partial charge in [-0.3, -0.25) is 0 Å². The van der Waals surface area contributed by atoms with E-state index in [-0.39, 0.29) is 5.60 Å². The van der Waals surface area contributed by atoms with Crippen LogP contribution in [-0.2, 0) is 6.42 Å². The molecule has 0 aromatic heterocycles. The van der Waals surface area contributed by atoms with Crippen molar-refractivity contribution in [2.75, 3.05) is 0 Å². The normalized spacial score (nSPS) is 18.1. The molecule has 0 unspecified atom stereocenters. The van der Waals surface area contributed by atoms with Gasteiger partial charge in [-0.1, -0.05) is 31.5 Å². The van der Waals surface area contributed by atoms with E-state index in [2.05, 4.69) is 19.9 Å². The van der Waals surface area contributed by atoms with Crippen molar-refractivity contribution in [2.24, 2.45) is 0 Å². The summed E-state index contributed by atoms with van der Waals surface area (Å²) in [5.41, 5.74) is 1.33. The molecule has 0 saturated heterocycles. The number of fused-ring (bicyclic) bond motifs is 1. The third-order valence-corrected chi connectivity index (χ3v) is 3.73. The van der Waals surface area contributed by atoms with Crippen molar-refractivity contribution in [3.63, 3.8) is 0 Å². The zero-order valence-corrected chi connectivity index (χ0v) is 10.1. The molecule has 0 radical (unpaired) electrons. The van der Waals surface area contributed by atoms with E-state index < -0.39 is 0 Å². The van der Waals surface area contributed by atoms with Gasteiger partial charge in [-0.15, -0.1) is 0 Å². The van der Waals surface area contributed by atoms with E-state index in [1.54, 1.807) is 0 Å². The summed E-state index contributed by atoms with van der Waals surface area (Å²) in [6, 6.07) is 5.96. The van der Waals surface area contributed by atoms with Crippen LogP contribution in [0.1, 0.15) is 38.7 Å². The highest BCUT2D eigenvalue weighted by Gasteiger charge is 2.32. The van der Waals surface area contributed by atoms with Crippen LogP contribution in [0, 0.1) is 0 Å². The van der Waals surface area contributed by atoms with Crippen LogP contribution >= 0.6 is 11.6 Å². The molecule has 1 aromatic carbocycles. The Bertz CT molecular complexity index is 356. The van der Waals surface area contributed by atoms with E-state index in [1.165, 1.54) is 5.56 Å². The first-order valence-corrected chi connectivity index (χ1v) is 6.04. The third-order valence-electron chi connectivity index (χ3n) is 3.49. The molecule has 0 aliphatic carbocycles. The molecule has 15 heavy (non-hydrogen) atoms. The number of ether oxygens (including phenoxy) is 1. The van der Waals surface area contributed by atoms with Gasteiger partial charge in [-0.25, -0.2) is 0 Å². The lowest BCUT2D eigenvalue weighted by molar-refractivity contribution is 0.0383. The van der Waals surface area contributed by atoms with Gasteiger partial charge in [0.2, 0.25) is 0 Å². The molecular weight excluding hydrogens is 208 g/mol. The van der Waals surface area contributed by atoms with Crippen molar-refractivity contribution in [1.29, 1.82) is 0 Å². The van der Waals surface area contributed by atoms with Gasteiger partial charge in [0, 0.05) is 5.02 Å². The second-order valence-corrected chi connectivity index (χ2v) is 4.68. The first kappa shape index (κ1) is 10.8. The van der Waals surface area contributed by atoms with Crippen molar-refractivity contribution in [3.05, 3.63) is 28.8 Å². The van der Waals surface area contributed by atoms with E-state index in [9.17, 15) is 0 Å². The monoisotopic (exact) mass is 224 g/mol. The number of hydrogen-bond donors (Lipinski definition) is 0. The number of halogens is 1. The summed E-state index contributed by atoms with van der Waals surface area (Å²) in [6.45, 7) is 4.39. The van der Waals surface area contributed by atoms with Crippen molar-refractivity contribution in [1.82, 2.24) is 0 Å². The molecule has 1 aromatic rings. The summed E-state index contributed by atoms with van der Waals surface area (Å²) in [5, 5.41) is 0.761. The Balaban J connectivity index is 2.32. The second-order valence-electron chi connectivity index (χ2n) is 4.24. The van der Waals surface area contributed by atoms with Gasteiger partial charge in [-0.2, -0.15) is 0 Å². The quantitative estimate of drug-likeness (QED) is 0.731. The van der Waals surface area contributed by atoms with Gasteiger partial charge < -0.3 is 4.74 Å². The van der Waals surface area contributed by atoms with Crippen LogP contribution in [0.4, 0.5) is 0 Å². The highest BCUT2D eigenvalue weighted by molar-refractivity contribution is 6.30. The highest BCUT2D eigenvalue weighted by atomic mass is 35.5. The fourth-order valence-electron chi connectivity index (χ4n) is 2.22. The Hall–Kier alpha value is -0.690. The van der Waals surface area contributed by atoms with Crippen molar-refractivity contribution in [3.8, 4) is 5.75 Å². The lowest BCUT2D eigenvalue weighted by atomic mass is 9.87. The smallest absolute Gasteiger partial charge is 0.124 e. The Morgan fingerprint density at radius 1 is 1.33 bits per heavy atom. The zero-order chi connectivity index (χ0) is 10.9. The number of benzene rings is 1. The van der Waals surface area contributed by atoms with Gasteiger partial charge >= 0.3 is 0 Å². The van der Waals surface area contributed by atoms with Crippen LogP contribution in [0.5, 0.6) is 5.75 Å². The largest absolute Gasteiger partial charge is 0.487 e. The molecule has 1 nitrogen and oxygen atoms in total. The average molecular weight is 225 g/mol. The summed E-state index contributed by atoms with van der Waals surface area (Å²) in [7, 11) is 0. The van der Waals surface area contributed by atoms with E-state index >= 15 is 0 Å². The second kappa shape index (κ2) is 4.05. The van der Waals surface area contributed by atoms with Crippen LogP contribution in [-0.4, -0.2) is 5.60 Å². The first-order valence-electron chi connectivity index (χ1n) is 5.66. The van der Waals surface area contributed by atoms with Gasteiger partial charge in [0.25, 0.3) is 0 Å². The minimum atomic E-state index is 0.0394. The van der Waals surface area contributed by atoms with Crippen LogP contribution < -0.4 is 4.74 Å². The van der Waals surface area contributed by atoms with Gasteiger partial charge in [0.15, 0.2) is 0 Å². The van der Waals surface area contributed by atoms with Crippen LogP contribution in [0.15, 0.2) is 18.2 Å². The van der Waals surface area contributed by atoms with Crippen LogP contribution in [0.3, 0.4) is 0 Å². The maximum absolute atomic E-state index is 6.11. The Morgan fingerprint density at radius 2 is 2.07 bits per heavy atom. The summed E-state index contributed by atoms with van der Waals surface area (Å²) < 4.78 is 6.11. The molecule has 2 heteroatoms. The standard InChI is InChI=1S/C13H17ClO/c1-3-13(4-2)8-7-10-5-6-11(14)9-12(10)15-13/h5-6,9H,3-4,7-8H2,1-2H3. The summed E-state index contributed by atoms with van der Waals surface area (Å²) in [4.78, 5) is 0. The lowest BCUT2D eigenvalue weighted by Crippen LogP contribution is -2.38. The van der Waals surface area contributed by atoms with E-state index in [0.29, 0.717) is 0 Å². The molecule has 2 rings (SSSR count). The molecule has 0 atom stereocenters. The minimum absolute atomic E-state index is 0.0394. The van der Waals surface area contributed by atoms with Crippen LogP contribution in [0.25, 0.3) is 0 Å². The van der Waals surface area contributed by atoms with Gasteiger partial charge in [0.05, 0.1) is 0 Å². The molecule has 82 valence electrons. The van der Waals surface area contributed by atoms with E-state index in [4.69, 9.17) is 16.3 Å². The Labute approximate surface area is 96.4 Å². The molecular formula is C13H17ClO. The Morgan fingerprint density at radius 3 is 2.73 bits per heavy atom. The summed E-state index contributed by atoms with van der Waals surface area (Å²) >= 11 is 5.98. The fraction of sp³-hybridized carbons (Fsp3) is 0.538. The topological polar surface area (TPSA) is 9.23 Å². The van der Waals surface area contributed by atoms with Crippen molar-refractivity contribution >= 4 is 11.6 Å². The summed E-state index contributed by atoms with van der Waals surface area (Å²) in [5.74, 6) is 0.984. The van der Waals surface area contributed by atoms with E-state index in [0.717, 1.165) is 36.5 Å². The maximum atomic E-state index is 6.11. The SMILES string of the molecule is CCC1(CC)CCc2ccc(Cl)cc2O1. The average Bonchev–Trinajstić information content (AvgIpc) is 2.28. The molecule has 0 fully saturated rings. The lowest BCUT2D eigenvalue weighted by Gasteiger charge is -2.37. The van der Waals surface area contributed by atoms with Crippen LogP contribution in [0.2, 0.25) is 5.02 Å². The van der Waals surface area contributed by atoms with E-state index in [1.807, 2.05) is 12.1 Å². The first-order chi connectivity index (χ1) is 7.19. The van der Waals surface area contributed by atoms with Crippen molar-refractivity contribution < 1.29 is 4.74 Å². The maximum Gasteiger partial charge on any atom is 0.124 e. The molecule has 0 saturated carbocycles. The van der Waals surface area contributed by atoms with Crippen molar-refractivity contribution in [2.45, 2.75) is 45.1 Å². The number of rotatable bonds is 2. The molecule has 1 heterocycles. The number of hydrogen-bond acceptors (Lipinski definition) is 1. The predicted octanol–water partition coefficient (Wildman–Crippen LogP) is 4.22. The Kier molecular flexibility index (Phi) is 2.92.